The summed E-state index contributed by atoms with van der Waals surface area (Å²) in [6.07, 6.45) is 0. The summed E-state index contributed by atoms with van der Waals surface area (Å²) in [5.74, 6) is 0.810. The third-order valence-corrected chi connectivity index (χ3v) is 4.80. The Morgan fingerprint density at radius 2 is 1.50 bits per heavy atom. The van der Waals surface area contributed by atoms with Gasteiger partial charge in [-0.1, -0.05) is 48.5 Å². The van der Waals surface area contributed by atoms with E-state index in [0.29, 0.717) is 13.2 Å². The molecule has 134 valence electrons. The second-order valence-corrected chi connectivity index (χ2v) is 7.37. The predicted molar refractivity (Wildman–Crippen MR) is 102 cm³/mol. The van der Waals surface area contributed by atoms with Crippen LogP contribution in [0.15, 0.2) is 83.8 Å². The summed E-state index contributed by atoms with van der Waals surface area (Å²) >= 11 is 0. The lowest BCUT2D eigenvalue weighted by molar-refractivity contribution is 0.303. The molecular weight excluding hydrogens is 348 g/mol. The topological polar surface area (TPSA) is 81.4 Å². The van der Waals surface area contributed by atoms with Crippen LogP contribution in [-0.2, 0) is 23.2 Å². The van der Waals surface area contributed by atoms with Crippen LogP contribution in [0.25, 0.3) is 0 Å². The number of para-hydroxylation sites is 1. The van der Waals surface area contributed by atoms with Crippen LogP contribution in [0.5, 0.6) is 5.75 Å². The lowest BCUT2D eigenvalue weighted by Gasteiger charge is -2.13. The van der Waals surface area contributed by atoms with Gasteiger partial charge in [-0.15, -0.1) is 0 Å². The summed E-state index contributed by atoms with van der Waals surface area (Å²) < 4.78 is 28.5. The number of hydrogen-bond donors (Lipinski definition) is 2. The average molecular weight is 368 g/mol. The van der Waals surface area contributed by atoms with E-state index in [0.717, 1.165) is 22.6 Å². The molecule has 3 rings (SSSR count). The van der Waals surface area contributed by atoms with Crippen LogP contribution >= 0.6 is 0 Å². The minimum absolute atomic E-state index is 0.0923. The summed E-state index contributed by atoms with van der Waals surface area (Å²) in [4.78, 5) is 0.0923. The second kappa shape index (κ2) is 8.03. The fourth-order valence-corrected chi connectivity index (χ4v) is 3.00. The highest BCUT2D eigenvalue weighted by atomic mass is 32.2. The monoisotopic (exact) mass is 368 g/mol. The van der Waals surface area contributed by atoms with Gasteiger partial charge in [-0.2, -0.15) is 0 Å². The van der Waals surface area contributed by atoms with Crippen LogP contribution in [0.1, 0.15) is 11.1 Å². The van der Waals surface area contributed by atoms with E-state index in [4.69, 9.17) is 9.88 Å². The summed E-state index contributed by atoms with van der Waals surface area (Å²) in [5, 5.41) is 8.37. The maximum atomic E-state index is 11.3. The van der Waals surface area contributed by atoms with Crippen LogP contribution in [-0.4, -0.2) is 8.42 Å². The van der Waals surface area contributed by atoms with E-state index < -0.39 is 10.0 Å². The van der Waals surface area contributed by atoms with Crippen LogP contribution in [0, 0.1) is 0 Å². The maximum absolute atomic E-state index is 11.3. The molecule has 0 aliphatic heterocycles. The van der Waals surface area contributed by atoms with E-state index in [-0.39, 0.29) is 4.90 Å². The summed E-state index contributed by atoms with van der Waals surface area (Å²) in [7, 11) is -3.67. The molecule has 0 spiro atoms. The van der Waals surface area contributed by atoms with Crippen molar-refractivity contribution in [2.75, 3.05) is 5.32 Å². The van der Waals surface area contributed by atoms with Gasteiger partial charge >= 0.3 is 0 Å². The van der Waals surface area contributed by atoms with Crippen molar-refractivity contribution >= 4 is 15.7 Å². The van der Waals surface area contributed by atoms with Crippen LogP contribution in [0.3, 0.4) is 0 Å². The van der Waals surface area contributed by atoms with Crippen LogP contribution in [0.2, 0.25) is 0 Å². The first-order chi connectivity index (χ1) is 12.5. The summed E-state index contributed by atoms with van der Waals surface area (Å²) in [6.45, 7) is 1.06. The maximum Gasteiger partial charge on any atom is 0.238 e. The van der Waals surface area contributed by atoms with E-state index in [1.165, 1.54) is 12.1 Å². The first-order valence-electron chi connectivity index (χ1n) is 8.14. The number of anilines is 1. The minimum atomic E-state index is -3.67. The number of ether oxygens (including phenoxy) is 1. The minimum Gasteiger partial charge on any atom is -0.489 e. The number of sulfonamides is 1. The molecule has 3 aromatic carbocycles. The zero-order valence-corrected chi connectivity index (χ0v) is 14.9. The average Bonchev–Trinajstić information content (AvgIpc) is 2.66. The number of hydrogen-bond acceptors (Lipinski definition) is 4. The molecule has 0 saturated carbocycles. The van der Waals surface area contributed by atoms with Gasteiger partial charge in [-0.3, -0.25) is 0 Å². The molecule has 3 N–H and O–H groups in total. The first kappa shape index (κ1) is 18.0. The van der Waals surface area contributed by atoms with Crippen molar-refractivity contribution in [3.63, 3.8) is 0 Å². The van der Waals surface area contributed by atoms with Gasteiger partial charge in [0.2, 0.25) is 10.0 Å². The zero-order chi connectivity index (χ0) is 18.4. The van der Waals surface area contributed by atoms with Crippen molar-refractivity contribution in [2.24, 2.45) is 5.14 Å². The first-order valence-corrected chi connectivity index (χ1v) is 9.68. The third-order valence-electron chi connectivity index (χ3n) is 3.88. The summed E-state index contributed by atoms with van der Waals surface area (Å²) in [6, 6.07) is 24.1. The largest absolute Gasteiger partial charge is 0.489 e. The number of nitrogens with one attached hydrogen (secondary N) is 1. The zero-order valence-electron chi connectivity index (χ0n) is 14.1. The molecule has 0 aliphatic rings. The van der Waals surface area contributed by atoms with Gasteiger partial charge in [0, 0.05) is 17.8 Å². The van der Waals surface area contributed by atoms with Crippen molar-refractivity contribution < 1.29 is 13.2 Å². The normalized spacial score (nSPS) is 11.1. The molecule has 0 radical (unpaired) electrons. The molecular formula is C20H20N2O3S. The standard InChI is InChI=1S/C20H20N2O3S/c21-26(23,24)19-12-10-18(11-13-19)22-14-17-8-4-5-9-20(17)25-15-16-6-2-1-3-7-16/h1-13,22H,14-15H2,(H2,21,23,24). The summed E-state index contributed by atoms with van der Waals surface area (Å²) in [5.41, 5.74) is 2.92. The highest BCUT2D eigenvalue weighted by molar-refractivity contribution is 7.89. The van der Waals surface area contributed by atoms with Gasteiger partial charge in [0.15, 0.2) is 0 Å². The molecule has 0 heterocycles. The Kier molecular flexibility index (Phi) is 5.55. The number of benzene rings is 3. The Labute approximate surface area is 153 Å². The Bertz CT molecular complexity index is 956. The number of rotatable bonds is 7. The van der Waals surface area contributed by atoms with E-state index in [1.54, 1.807) is 12.1 Å². The Balaban J connectivity index is 1.65. The molecule has 0 atom stereocenters. The number of nitrogens with two attached hydrogens (primary N) is 1. The van der Waals surface area contributed by atoms with Crippen molar-refractivity contribution in [3.8, 4) is 5.75 Å². The van der Waals surface area contributed by atoms with Gasteiger partial charge in [0.1, 0.15) is 12.4 Å². The molecule has 0 unspecified atom stereocenters. The second-order valence-electron chi connectivity index (χ2n) is 5.80. The Morgan fingerprint density at radius 1 is 0.846 bits per heavy atom. The van der Waals surface area contributed by atoms with Gasteiger partial charge in [0.25, 0.3) is 0 Å². The predicted octanol–water partition coefficient (Wildman–Crippen LogP) is 3.53. The highest BCUT2D eigenvalue weighted by Gasteiger charge is 2.07. The molecule has 0 aliphatic carbocycles. The van der Waals surface area contributed by atoms with Crippen molar-refractivity contribution in [1.29, 1.82) is 0 Å². The molecule has 6 heteroatoms. The molecule has 0 bridgehead atoms. The quantitative estimate of drug-likeness (QED) is 0.668. The fourth-order valence-electron chi connectivity index (χ4n) is 2.49. The van der Waals surface area contributed by atoms with Gasteiger partial charge in [-0.05, 0) is 35.9 Å². The highest BCUT2D eigenvalue weighted by Crippen LogP contribution is 2.21. The van der Waals surface area contributed by atoms with E-state index in [2.05, 4.69) is 5.32 Å². The smallest absolute Gasteiger partial charge is 0.238 e. The van der Waals surface area contributed by atoms with E-state index in [1.807, 2.05) is 54.6 Å². The molecule has 5 nitrogen and oxygen atoms in total. The Morgan fingerprint density at radius 3 is 2.19 bits per heavy atom. The van der Waals surface area contributed by atoms with Crippen molar-refractivity contribution in [1.82, 2.24) is 0 Å². The SMILES string of the molecule is NS(=O)(=O)c1ccc(NCc2ccccc2OCc2ccccc2)cc1. The molecule has 0 amide bonds. The van der Waals surface area contributed by atoms with Crippen molar-refractivity contribution in [3.05, 3.63) is 90.0 Å². The van der Waals surface area contributed by atoms with E-state index >= 15 is 0 Å². The fraction of sp³-hybridized carbons (Fsp3) is 0.100. The molecule has 0 saturated heterocycles. The van der Waals surface area contributed by atoms with Gasteiger partial charge in [-0.25, -0.2) is 13.6 Å². The molecule has 3 aromatic rings. The van der Waals surface area contributed by atoms with E-state index in [9.17, 15) is 8.42 Å². The lowest BCUT2D eigenvalue weighted by atomic mass is 10.2. The molecule has 0 fully saturated rings. The Hall–Kier alpha value is -2.83. The number of primary sulfonamides is 1. The van der Waals surface area contributed by atoms with Gasteiger partial charge < -0.3 is 10.1 Å². The van der Waals surface area contributed by atoms with Crippen LogP contribution in [0.4, 0.5) is 5.69 Å². The van der Waals surface area contributed by atoms with Gasteiger partial charge in [0.05, 0.1) is 4.90 Å². The lowest BCUT2D eigenvalue weighted by Crippen LogP contribution is -2.12. The third kappa shape index (κ3) is 4.84. The van der Waals surface area contributed by atoms with Crippen molar-refractivity contribution in [2.45, 2.75) is 18.0 Å². The van der Waals surface area contributed by atoms with Crippen LogP contribution < -0.4 is 15.2 Å². The molecule has 26 heavy (non-hydrogen) atoms. The molecule has 0 aromatic heterocycles.